The van der Waals surface area contributed by atoms with E-state index >= 15 is 0 Å². The van der Waals surface area contributed by atoms with Gasteiger partial charge in [-0.25, -0.2) is 4.98 Å². The zero-order valence-electron chi connectivity index (χ0n) is 16.3. The van der Waals surface area contributed by atoms with E-state index in [-0.39, 0.29) is 11.7 Å². The van der Waals surface area contributed by atoms with Crippen LogP contribution >= 0.6 is 34.4 Å². The Balaban J connectivity index is 1.33. The van der Waals surface area contributed by atoms with Gasteiger partial charge in [-0.1, -0.05) is 30.8 Å². The normalized spacial score (nSPS) is 11.1. The maximum atomic E-state index is 12.8. The SMILES string of the molecule is CCCN(Cc1nnc(-c2cccs2)o1)C(=O)CSc1n[nH]c(Cc2cccs2)n1. The molecule has 11 heteroatoms. The molecule has 0 aliphatic carbocycles. The standard InChI is InChI=1S/C19H20N6O2S3/c1-2-7-25(11-16-22-23-18(27-16)14-6-4-9-29-14)17(26)12-30-19-20-15(21-24-19)10-13-5-3-8-28-13/h3-6,8-9H,2,7,10-12H2,1H3,(H,20,21,24). The Labute approximate surface area is 185 Å². The van der Waals surface area contributed by atoms with Crippen LogP contribution in [-0.2, 0) is 17.8 Å². The van der Waals surface area contributed by atoms with Gasteiger partial charge >= 0.3 is 0 Å². The predicted octanol–water partition coefficient (Wildman–Crippen LogP) is 4.10. The minimum absolute atomic E-state index is 0.0117. The van der Waals surface area contributed by atoms with Crippen LogP contribution < -0.4 is 0 Å². The lowest BCUT2D eigenvalue weighted by atomic mass is 10.3. The first-order valence-corrected chi connectivity index (χ1v) is 12.2. The second-order valence-corrected chi connectivity index (χ2v) is 9.33. The molecule has 156 valence electrons. The van der Waals surface area contributed by atoms with E-state index in [4.69, 9.17) is 4.42 Å². The molecule has 1 N–H and O–H groups in total. The summed E-state index contributed by atoms with van der Waals surface area (Å²) in [6.07, 6.45) is 1.55. The van der Waals surface area contributed by atoms with Crippen molar-refractivity contribution >= 4 is 40.3 Å². The lowest BCUT2D eigenvalue weighted by Gasteiger charge is -2.19. The third-order valence-electron chi connectivity index (χ3n) is 4.13. The molecule has 0 saturated heterocycles. The highest BCUT2D eigenvalue weighted by molar-refractivity contribution is 7.99. The highest BCUT2D eigenvalue weighted by atomic mass is 32.2. The van der Waals surface area contributed by atoms with E-state index < -0.39 is 0 Å². The number of carbonyl (C=O) groups excluding carboxylic acids is 1. The smallest absolute Gasteiger partial charge is 0.257 e. The molecule has 0 atom stereocenters. The molecule has 4 aromatic heterocycles. The van der Waals surface area contributed by atoms with E-state index in [9.17, 15) is 4.79 Å². The molecular formula is C19H20N6O2S3. The molecular weight excluding hydrogens is 440 g/mol. The Morgan fingerprint density at radius 1 is 1.23 bits per heavy atom. The first-order chi connectivity index (χ1) is 14.7. The number of H-pyrrole nitrogens is 1. The second-order valence-electron chi connectivity index (χ2n) is 6.40. The molecule has 4 heterocycles. The van der Waals surface area contributed by atoms with Crippen LogP contribution in [0.15, 0.2) is 44.6 Å². The topological polar surface area (TPSA) is 101 Å². The molecule has 30 heavy (non-hydrogen) atoms. The number of carbonyl (C=O) groups is 1. The van der Waals surface area contributed by atoms with E-state index in [2.05, 4.69) is 31.4 Å². The zero-order chi connectivity index (χ0) is 20.8. The van der Waals surface area contributed by atoms with Gasteiger partial charge in [0.1, 0.15) is 5.82 Å². The molecule has 0 bridgehead atoms. The Morgan fingerprint density at radius 2 is 2.10 bits per heavy atom. The van der Waals surface area contributed by atoms with Gasteiger partial charge in [0, 0.05) is 17.8 Å². The van der Waals surface area contributed by atoms with Gasteiger partial charge < -0.3 is 9.32 Å². The average molecular weight is 461 g/mol. The number of thiophene rings is 2. The first kappa shape index (κ1) is 20.8. The van der Waals surface area contributed by atoms with Crippen LogP contribution in [0.5, 0.6) is 0 Å². The molecule has 0 aliphatic heterocycles. The number of thioether (sulfide) groups is 1. The molecule has 4 rings (SSSR count). The van der Waals surface area contributed by atoms with E-state index in [0.29, 0.717) is 36.4 Å². The Kier molecular flexibility index (Phi) is 6.92. The van der Waals surface area contributed by atoms with Crippen molar-refractivity contribution in [3.63, 3.8) is 0 Å². The summed E-state index contributed by atoms with van der Waals surface area (Å²) >= 11 is 4.54. The Morgan fingerprint density at radius 3 is 2.87 bits per heavy atom. The van der Waals surface area contributed by atoms with Gasteiger partial charge in [0.05, 0.1) is 17.2 Å². The van der Waals surface area contributed by atoms with Gasteiger partial charge in [0.2, 0.25) is 17.0 Å². The number of aromatic amines is 1. The summed E-state index contributed by atoms with van der Waals surface area (Å²) in [6, 6.07) is 7.94. The van der Waals surface area contributed by atoms with E-state index in [1.807, 2.05) is 35.9 Å². The summed E-state index contributed by atoms with van der Waals surface area (Å²) in [5, 5.41) is 19.9. The van der Waals surface area contributed by atoms with Gasteiger partial charge in [-0.2, -0.15) is 0 Å². The van der Waals surface area contributed by atoms with Gasteiger partial charge in [-0.3, -0.25) is 9.89 Å². The van der Waals surface area contributed by atoms with Crippen LogP contribution in [0.3, 0.4) is 0 Å². The fraction of sp³-hybridized carbons (Fsp3) is 0.316. The van der Waals surface area contributed by atoms with Crippen LogP contribution in [0.25, 0.3) is 10.8 Å². The van der Waals surface area contributed by atoms with Crippen LogP contribution in [0, 0.1) is 0 Å². The second kappa shape index (κ2) is 10.0. The Hall–Kier alpha value is -2.50. The quantitative estimate of drug-likeness (QED) is 0.356. The summed E-state index contributed by atoms with van der Waals surface area (Å²) in [5.74, 6) is 1.95. The van der Waals surface area contributed by atoms with Crippen LogP contribution in [0.1, 0.15) is 29.9 Å². The van der Waals surface area contributed by atoms with Crippen LogP contribution in [-0.4, -0.2) is 48.5 Å². The van der Waals surface area contributed by atoms with Crippen molar-refractivity contribution in [2.75, 3.05) is 12.3 Å². The largest absolute Gasteiger partial charge is 0.418 e. The molecule has 8 nitrogen and oxygen atoms in total. The maximum absolute atomic E-state index is 12.8. The summed E-state index contributed by atoms with van der Waals surface area (Å²) in [7, 11) is 0. The van der Waals surface area contributed by atoms with Crippen molar-refractivity contribution in [2.45, 2.75) is 31.5 Å². The molecule has 0 aliphatic rings. The highest BCUT2D eigenvalue weighted by Gasteiger charge is 2.19. The summed E-state index contributed by atoms with van der Waals surface area (Å²) in [6.45, 7) is 2.95. The summed E-state index contributed by atoms with van der Waals surface area (Å²) in [5.41, 5.74) is 0. The maximum Gasteiger partial charge on any atom is 0.257 e. The lowest BCUT2D eigenvalue weighted by molar-refractivity contribution is -0.129. The van der Waals surface area contributed by atoms with Crippen molar-refractivity contribution < 1.29 is 9.21 Å². The van der Waals surface area contributed by atoms with Crippen molar-refractivity contribution in [1.82, 2.24) is 30.3 Å². The molecule has 0 radical (unpaired) electrons. The van der Waals surface area contributed by atoms with Gasteiger partial charge in [-0.05, 0) is 29.3 Å². The Bertz CT molecular complexity index is 1060. The molecule has 1 amide bonds. The monoisotopic (exact) mass is 460 g/mol. The van der Waals surface area contributed by atoms with E-state index in [1.54, 1.807) is 16.2 Å². The first-order valence-electron chi connectivity index (χ1n) is 9.41. The molecule has 0 unspecified atom stereocenters. The summed E-state index contributed by atoms with van der Waals surface area (Å²) < 4.78 is 5.73. The third kappa shape index (κ3) is 5.35. The zero-order valence-corrected chi connectivity index (χ0v) is 18.7. The molecule has 0 saturated carbocycles. The van der Waals surface area contributed by atoms with E-state index in [0.717, 1.165) is 17.1 Å². The number of amides is 1. The molecule has 0 aromatic carbocycles. The number of rotatable bonds is 10. The lowest BCUT2D eigenvalue weighted by Crippen LogP contribution is -2.32. The van der Waals surface area contributed by atoms with Crippen molar-refractivity contribution in [2.24, 2.45) is 0 Å². The average Bonchev–Trinajstić information content (AvgIpc) is 3.54. The van der Waals surface area contributed by atoms with Crippen molar-refractivity contribution in [1.29, 1.82) is 0 Å². The minimum Gasteiger partial charge on any atom is -0.418 e. The predicted molar refractivity (Wildman–Crippen MR) is 118 cm³/mol. The number of nitrogens with one attached hydrogen (secondary N) is 1. The number of hydrogen-bond donors (Lipinski definition) is 1. The van der Waals surface area contributed by atoms with Gasteiger partial charge in [0.25, 0.3) is 5.89 Å². The molecule has 0 spiro atoms. The van der Waals surface area contributed by atoms with Crippen LogP contribution in [0.4, 0.5) is 0 Å². The fourth-order valence-electron chi connectivity index (χ4n) is 2.76. The molecule has 0 fully saturated rings. The highest BCUT2D eigenvalue weighted by Crippen LogP contribution is 2.23. The minimum atomic E-state index is -0.0117. The number of aromatic nitrogens is 5. The number of hydrogen-bond acceptors (Lipinski definition) is 9. The van der Waals surface area contributed by atoms with Gasteiger partial charge in [-0.15, -0.1) is 38.0 Å². The summed E-state index contributed by atoms with van der Waals surface area (Å²) in [4.78, 5) is 21.1. The third-order valence-corrected chi connectivity index (χ3v) is 6.70. The molecule has 4 aromatic rings. The van der Waals surface area contributed by atoms with Crippen molar-refractivity contribution in [3.05, 3.63) is 51.6 Å². The van der Waals surface area contributed by atoms with Crippen LogP contribution in [0.2, 0.25) is 0 Å². The number of nitrogens with zero attached hydrogens (tertiary/aromatic N) is 5. The fourth-order valence-corrected chi connectivity index (χ4v) is 4.83. The van der Waals surface area contributed by atoms with E-state index in [1.165, 1.54) is 28.0 Å². The van der Waals surface area contributed by atoms with Gasteiger partial charge in [0.15, 0.2) is 0 Å². The van der Waals surface area contributed by atoms with Crippen molar-refractivity contribution in [3.8, 4) is 10.8 Å².